The number of H-pyrrole nitrogens is 1. The first-order valence-corrected chi connectivity index (χ1v) is 7.97. The third-order valence-electron chi connectivity index (χ3n) is 5.07. The molecule has 3 aromatic rings. The van der Waals surface area contributed by atoms with E-state index < -0.39 is 11.6 Å². The number of carbonyl (C=O) groups excluding carboxylic acids is 1. The first-order valence-electron chi connectivity index (χ1n) is 7.97. The summed E-state index contributed by atoms with van der Waals surface area (Å²) in [5, 5.41) is 0. The number of para-hydroxylation sites is 2. The van der Waals surface area contributed by atoms with Crippen molar-refractivity contribution in [1.29, 1.82) is 0 Å². The molecule has 23 heavy (non-hydrogen) atoms. The van der Waals surface area contributed by atoms with Gasteiger partial charge in [0.2, 0.25) is 5.78 Å². The Morgan fingerprint density at radius 3 is 2.74 bits per heavy atom. The molecule has 1 N–H and O–H groups in total. The van der Waals surface area contributed by atoms with Gasteiger partial charge in [-0.3, -0.25) is 4.79 Å². The molecule has 0 amide bonds. The quantitative estimate of drug-likeness (QED) is 0.647. The molecule has 1 fully saturated rings. The lowest BCUT2D eigenvalue weighted by atomic mass is 9.82. The number of fused-ring (bicyclic) bond motifs is 5. The Morgan fingerprint density at radius 2 is 1.91 bits per heavy atom. The average Bonchev–Trinajstić information content (AvgIpc) is 3.05. The van der Waals surface area contributed by atoms with Gasteiger partial charge in [-0.1, -0.05) is 18.6 Å². The molecule has 6 nitrogen and oxygen atoms in total. The molecule has 3 heterocycles. The van der Waals surface area contributed by atoms with Gasteiger partial charge >= 0.3 is 5.97 Å². The minimum atomic E-state index is -0.663. The number of aromatic amines is 1. The van der Waals surface area contributed by atoms with Crippen molar-refractivity contribution >= 4 is 22.8 Å². The second-order valence-electron chi connectivity index (χ2n) is 6.38. The van der Waals surface area contributed by atoms with Crippen molar-refractivity contribution < 1.29 is 9.53 Å². The molecule has 0 unspecified atom stereocenters. The van der Waals surface area contributed by atoms with Crippen LogP contribution in [0.25, 0.3) is 16.8 Å². The molecule has 1 spiro atoms. The number of carbonyl (C=O) groups is 1. The van der Waals surface area contributed by atoms with Gasteiger partial charge in [0, 0.05) is 0 Å². The van der Waals surface area contributed by atoms with Gasteiger partial charge in [0.05, 0.1) is 16.7 Å². The highest BCUT2D eigenvalue weighted by atomic mass is 16.6. The molecular weight excluding hydrogens is 294 g/mol. The fourth-order valence-electron chi connectivity index (χ4n) is 3.99. The fraction of sp³-hybridized carbons (Fsp3) is 0.353. The maximum Gasteiger partial charge on any atom is 0.346 e. The second-order valence-corrected chi connectivity index (χ2v) is 6.38. The zero-order chi connectivity index (χ0) is 15.6. The number of imidazole rings is 1. The summed E-state index contributed by atoms with van der Waals surface area (Å²) >= 11 is 0. The van der Waals surface area contributed by atoms with Gasteiger partial charge in [-0.2, -0.15) is 0 Å². The van der Waals surface area contributed by atoms with Crippen molar-refractivity contribution in [2.24, 2.45) is 0 Å². The van der Waals surface area contributed by atoms with E-state index in [4.69, 9.17) is 4.74 Å². The van der Waals surface area contributed by atoms with Crippen LogP contribution in [0.5, 0.6) is 0 Å². The standard InChI is InChI=1S/C17H15N3O3/c21-14-12-13(17(23-15(12)22)8-4-1-5-9-17)19-16-18-10-6-2-3-7-11(10)20(14)16/h2-3,6-7H,1,4-5,8-9H2,(H,18,19). The molecule has 2 aliphatic rings. The predicted molar refractivity (Wildman–Crippen MR) is 83.5 cm³/mol. The van der Waals surface area contributed by atoms with Gasteiger partial charge in [-0.15, -0.1) is 0 Å². The Balaban J connectivity index is 1.89. The van der Waals surface area contributed by atoms with Crippen LogP contribution in [0.4, 0.5) is 0 Å². The summed E-state index contributed by atoms with van der Waals surface area (Å²) in [4.78, 5) is 33.1. The lowest BCUT2D eigenvalue weighted by molar-refractivity contribution is -0.0298. The second kappa shape index (κ2) is 4.22. The van der Waals surface area contributed by atoms with Crippen LogP contribution in [-0.2, 0) is 10.3 Å². The fourth-order valence-corrected chi connectivity index (χ4v) is 3.99. The average molecular weight is 309 g/mol. The summed E-state index contributed by atoms with van der Waals surface area (Å²) in [5.41, 5.74) is 1.19. The summed E-state index contributed by atoms with van der Waals surface area (Å²) in [6, 6.07) is 7.41. The van der Waals surface area contributed by atoms with Crippen LogP contribution < -0.4 is 5.56 Å². The van der Waals surface area contributed by atoms with Crippen molar-refractivity contribution in [2.75, 3.05) is 0 Å². The molecule has 1 aliphatic heterocycles. The number of hydrogen-bond acceptors (Lipinski definition) is 4. The SMILES string of the molecule is O=C1OC2(CCCCC2)c2[nH]c3nc4ccccc4n3c(=O)c21. The number of rotatable bonds is 0. The maximum atomic E-state index is 12.9. The first kappa shape index (κ1) is 12.9. The first-order chi connectivity index (χ1) is 11.2. The van der Waals surface area contributed by atoms with E-state index >= 15 is 0 Å². The molecule has 0 radical (unpaired) electrons. The van der Waals surface area contributed by atoms with Crippen LogP contribution in [0.15, 0.2) is 29.1 Å². The zero-order valence-electron chi connectivity index (χ0n) is 12.5. The summed E-state index contributed by atoms with van der Waals surface area (Å²) in [6.07, 6.45) is 4.65. The maximum absolute atomic E-state index is 12.9. The van der Waals surface area contributed by atoms with E-state index in [9.17, 15) is 9.59 Å². The Labute approximate surface area is 131 Å². The molecule has 5 rings (SSSR count). The van der Waals surface area contributed by atoms with E-state index in [0.29, 0.717) is 17.0 Å². The largest absolute Gasteiger partial charge is 0.449 e. The summed E-state index contributed by atoms with van der Waals surface area (Å²) in [7, 11) is 0. The van der Waals surface area contributed by atoms with Gasteiger partial charge in [0.1, 0.15) is 5.56 Å². The van der Waals surface area contributed by atoms with Crippen molar-refractivity contribution in [2.45, 2.75) is 37.7 Å². The number of hydrogen-bond donors (Lipinski definition) is 1. The molecule has 1 aliphatic carbocycles. The number of ether oxygens (including phenoxy) is 1. The van der Waals surface area contributed by atoms with E-state index in [2.05, 4.69) is 9.97 Å². The van der Waals surface area contributed by atoms with E-state index in [1.165, 1.54) is 4.40 Å². The van der Waals surface area contributed by atoms with Crippen molar-refractivity contribution in [3.05, 3.63) is 45.9 Å². The molecule has 1 saturated carbocycles. The van der Waals surface area contributed by atoms with Crippen LogP contribution in [0.1, 0.15) is 48.2 Å². The molecule has 0 saturated heterocycles. The molecular formula is C17H15N3O3. The number of benzene rings is 1. The Morgan fingerprint density at radius 1 is 1.13 bits per heavy atom. The Bertz CT molecular complexity index is 1020. The molecule has 0 bridgehead atoms. The number of aromatic nitrogens is 3. The lowest BCUT2D eigenvalue weighted by Crippen LogP contribution is -2.30. The van der Waals surface area contributed by atoms with Crippen LogP contribution in [0.3, 0.4) is 0 Å². The predicted octanol–water partition coefficient (Wildman–Crippen LogP) is 2.51. The number of esters is 1. The summed E-state index contributed by atoms with van der Waals surface area (Å²) in [5.74, 6) is -0.0407. The van der Waals surface area contributed by atoms with Crippen molar-refractivity contribution in [1.82, 2.24) is 14.4 Å². The van der Waals surface area contributed by atoms with Gasteiger partial charge in [0.25, 0.3) is 5.56 Å². The topological polar surface area (TPSA) is 76.5 Å². The molecule has 0 atom stereocenters. The van der Waals surface area contributed by atoms with Crippen LogP contribution in [0, 0.1) is 0 Å². The normalized spacial score (nSPS) is 19.4. The Hall–Kier alpha value is -2.63. The molecule has 116 valence electrons. The minimum absolute atomic E-state index is 0.141. The van der Waals surface area contributed by atoms with E-state index in [1.54, 1.807) is 0 Å². The highest BCUT2D eigenvalue weighted by Gasteiger charge is 2.49. The summed E-state index contributed by atoms with van der Waals surface area (Å²) in [6.45, 7) is 0. The number of nitrogens with one attached hydrogen (secondary N) is 1. The number of nitrogens with zero attached hydrogens (tertiary/aromatic N) is 2. The highest BCUT2D eigenvalue weighted by molar-refractivity contribution is 5.94. The third kappa shape index (κ3) is 1.55. The van der Waals surface area contributed by atoms with Crippen molar-refractivity contribution in [3.63, 3.8) is 0 Å². The molecule has 6 heteroatoms. The van der Waals surface area contributed by atoms with E-state index in [1.807, 2.05) is 24.3 Å². The highest BCUT2D eigenvalue weighted by Crippen LogP contribution is 2.45. The van der Waals surface area contributed by atoms with Gasteiger partial charge in [-0.25, -0.2) is 14.2 Å². The van der Waals surface area contributed by atoms with Crippen LogP contribution in [0.2, 0.25) is 0 Å². The minimum Gasteiger partial charge on any atom is -0.449 e. The van der Waals surface area contributed by atoms with Gasteiger partial charge < -0.3 is 9.72 Å². The van der Waals surface area contributed by atoms with Gasteiger partial charge in [0.15, 0.2) is 5.60 Å². The van der Waals surface area contributed by atoms with Crippen LogP contribution >= 0.6 is 0 Å². The smallest absolute Gasteiger partial charge is 0.346 e. The molecule has 1 aromatic carbocycles. The Kier molecular flexibility index (Phi) is 2.36. The third-order valence-corrected chi connectivity index (χ3v) is 5.07. The van der Waals surface area contributed by atoms with Crippen molar-refractivity contribution in [3.8, 4) is 0 Å². The van der Waals surface area contributed by atoms with Crippen LogP contribution in [-0.4, -0.2) is 20.3 Å². The molecule has 2 aromatic heterocycles. The lowest BCUT2D eigenvalue weighted by Gasteiger charge is -2.31. The monoisotopic (exact) mass is 309 g/mol. The summed E-state index contributed by atoms with van der Waals surface area (Å²) < 4.78 is 7.15. The zero-order valence-corrected chi connectivity index (χ0v) is 12.5. The van der Waals surface area contributed by atoms with E-state index in [-0.39, 0.29) is 11.1 Å². The van der Waals surface area contributed by atoms with Gasteiger partial charge in [-0.05, 0) is 37.8 Å². The van der Waals surface area contributed by atoms with E-state index in [0.717, 1.165) is 37.6 Å².